The van der Waals surface area contributed by atoms with Gasteiger partial charge in [0, 0.05) is 11.7 Å². The van der Waals surface area contributed by atoms with Crippen LogP contribution in [0.5, 0.6) is 0 Å². The first-order chi connectivity index (χ1) is 6.63. The summed E-state index contributed by atoms with van der Waals surface area (Å²) in [5.74, 6) is -0.216. The molecule has 0 heterocycles. The van der Waals surface area contributed by atoms with Gasteiger partial charge in [0.05, 0.1) is 0 Å². The number of benzene rings is 1. The normalized spacial score (nSPS) is 12.8. The minimum Gasteiger partial charge on any atom is -0.399 e. The highest BCUT2D eigenvalue weighted by atomic mass is 19.1. The van der Waals surface area contributed by atoms with Crippen LogP contribution in [0, 0.1) is 5.82 Å². The van der Waals surface area contributed by atoms with Crippen LogP contribution < -0.4 is 11.1 Å². The smallest absolute Gasteiger partial charge is 0.123 e. The van der Waals surface area contributed by atoms with E-state index in [1.807, 2.05) is 7.05 Å². The van der Waals surface area contributed by atoms with Gasteiger partial charge in [-0.15, -0.1) is 0 Å². The Balaban J connectivity index is 2.62. The van der Waals surface area contributed by atoms with Gasteiger partial charge in [-0.25, -0.2) is 4.39 Å². The Bertz CT molecular complexity index is 299. The summed E-state index contributed by atoms with van der Waals surface area (Å²) in [5.41, 5.74) is 7.30. The molecule has 2 nitrogen and oxygen atoms in total. The van der Waals surface area contributed by atoms with Crippen LogP contribution in [0.2, 0.25) is 0 Å². The van der Waals surface area contributed by atoms with Gasteiger partial charge in [0.2, 0.25) is 0 Å². The van der Waals surface area contributed by atoms with Crippen molar-refractivity contribution in [3.05, 3.63) is 29.6 Å². The molecular formula is C11H17FN2. The average molecular weight is 196 g/mol. The van der Waals surface area contributed by atoms with E-state index >= 15 is 0 Å². The van der Waals surface area contributed by atoms with E-state index in [2.05, 4.69) is 12.2 Å². The summed E-state index contributed by atoms with van der Waals surface area (Å²) in [6.45, 7) is 2.09. The fourth-order valence-electron chi connectivity index (χ4n) is 1.31. The highest BCUT2D eigenvalue weighted by molar-refractivity contribution is 5.46. The van der Waals surface area contributed by atoms with Gasteiger partial charge in [-0.05, 0) is 50.6 Å². The Labute approximate surface area is 84.3 Å². The Kier molecular flexibility index (Phi) is 3.89. The lowest BCUT2D eigenvalue weighted by Crippen LogP contribution is -2.21. The third kappa shape index (κ3) is 3.00. The molecule has 0 aliphatic rings. The van der Waals surface area contributed by atoms with Crippen molar-refractivity contribution in [2.24, 2.45) is 0 Å². The zero-order chi connectivity index (χ0) is 10.6. The maximum atomic E-state index is 12.9. The Morgan fingerprint density at radius 2 is 2.21 bits per heavy atom. The summed E-state index contributed by atoms with van der Waals surface area (Å²) in [6, 6.07) is 4.95. The van der Waals surface area contributed by atoms with Gasteiger partial charge in [0.1, 0.15) is 5.82 Å². The SMILES string of the molecule is CNC(C)CCc1cc(F)ccc1N. The van der Waals surface area contributed by atoms with E-state index in [4.69, 9.17) is 5.73 Å². The summed E-state index contributed by atoms with van der Waals surface area (Å²) in [4.78, 5) is 0. The van der Waals surface area contributed by atoms with Crippen molar-refractivity contribution >= 4 is 5.69 Å². The number of halogens is 1. The predicted octanol–water partition coefficient (Wildman–Crippen LogP) is 1.95. The van der Waals surface area contributed by atoms with Crippen molar-refractivity contribution < 1.29 is 4.39 Å². The lowest BCUT2D eigenvalue weighted by Gasteiger charge is -2.11. The highest BCUT2D eigenvalue weighted by Crippen LogP contribution is 2.15. The second-order valence-corrected chi connectivity index (χ2v) is 3.57. The molecule has 3 heteroatoms. The van der Waals surface area contributed by atoms with Gasteiger partial charge in [0.25, 0.3) is 0 Å². The van der Waals surface area contributed by atoms with Gasteiger partial charge in [-0.3, -0.25) is 0 Å². The lowest BCUT2D eigenvalue weighted by molar-refractivity contribution is 0.563. The molecule has 1 atom stereocenters. The van der Waals surface area contributed by atoms with E-state index in [0.29, 0.717) is 11.7 Å². The summed E-state index contributed by atoms with van der Waals surface area (Å²) >= 11 is 0. The molecule has 14 heavy (non-hydrogen) atoms. The van der Waals surface area contributed by atoms with Crippen LogP contribution in [-0.2, 0) is 6.42 Å². The molecule has 1 rings (SSSR count). The van der Waals surface area contributed by atoms with Gasteiger partial charge in [-0.2, -0.15) is 0 Å². The Morgan fingerprint density at radius 1 is 1.50 bits per heavy atom. The summed E-state index contributed by atoms with van der Waals surface area (Å²) in [7, 11) is 1.92. The molecule has 1 aromatic carbocycles. The molecule has 0 amide bonds. The molecule has 0 aromatic heterocycles. The Hall–Kier alpha value is -1.09. The van der Waals surface area contributed by atoms with Crippen molar-refractivity contribution in [3.8, 4) is 0 Å². The van der Waals surface area contributed by atoms with Crippen molar-refractivity contribution in [1.82, 2.24) is 5.32 Å². The minimum atomic E-state index is -0.216. The molecule has 0 aliphatic carbocycles. The minimum absolute atomic E-state index is 0.216. The number of hydrogen-bond acceptors (Lipinski definition) is 2. The lowest BCUT2D eigenvalue weighted by atomic mass is 10.0. The van der Waals surface area contributed by atoms with Crippen LogP contribution in [-0.4, -0.2) is 13.1 Å². The second-order valence-electron chi connectivity index (χ2n) is 3.57. The maximum Gasteiger partial charge on any atom is 0.123 e. The van der Waals surface area contributed by atoms with E-state index in [1.54, 1.807) is 6.07 Å². The van der Waals surface area contributed by atoms with Crippen LogP contribution in [0.1, 0.15) is 18.9 Å². The number of hydrogen-bond donors (Lipinski definition) is 2. The molecule has 0 spiro atoms. The third-order valence-corrected chi connectivity index (χ3v) is 2.44. The van der Waals surface area contributed by atoms with Crippen LogP contribution in [0.3, 0.4) is 0 Å². The van der Waals surface area contributed by atoms with Crippen molar-refractivity contribution in [2.45, 2.75) is 25.8 Å². The third-order valence-electron chi connectivity index (χ3n) is 2.44. The zero-order valence-electron chi connectivity index (χ0n) is 8.68. The van der Waals surface area contributed by atoms with Gasteiger partial charge in [0.15, 0.2) is 0 Å². The number of nitrogens with two attached hydrogens (primary N) is 1. The topological polar surface area (TPSA) is 38.0 Å². The largest absolute Gasteiger partial charge is 0.399 e. The molecule has 0 saturated carbocycles. The molecule has 0 aliphatic heterocycles. The van der Waals surface area contributed by atoms with E-state index in [9.17, 15) is 4.39 Å². The maximum absolute atomic E-state index is 12.9. The van der Waals surface area contributed by atoms with Crippen LogP contribution in [0.15, 0.2) is 18.2 Å². The predicted molar refractivity (Wildman–Crippen MR) is 57.7 cm³/mol. The number of rotatable bonds is 4. The quantitative estimate of drug-likeness (QED) is 0.722. The van der Waals surface area contributed by atoms with E-state index in [1.165, 1.54) is 12.1 Å². The molecule has 78 valence electrons. The number of aryl methyl sites for hydroxylation is 1. The number of anilines is 1. The van der Waals surface area contributed by atoms with Crippen LogP contribution >= 0.6 is 0 Å². The van der Waals surface area contributed by atoms with Crippen LogP contribution in [0.4, 0.5) is 10.1 Å². The zero-order valence-corrected chi connectivity index (χ0v) is 8.68. The van der Waals surface area contributed by atoms with Crippen LogP contribution in [0.25, 0.3) is 0 Å². The summed E-state index contributed by atoms with van der Waals surface area (Å²) < 4.78 is 12.9. The molecule has 0 bridgehead atoms. The fraction of sp³-hybridized carbons (Fsp3) is 0.455. The number of nitrogen functional groups attached to an aromatic ring is 1. The van der Waals surface area contributed by atoms with Gasteiger partial charge in [-0.1, -0.05) is 0 Å². The van der Waals surface area contributed by atoms with Crippen molar-refractivity contribution in [1.29, 1.82) is 0 Å². The summed E-state index contributed by atoms with van der Waals surface area (Å²) in [5, 5.41) is 3.13. The standard InChI is InChI=1S/C11H17FN2/c1-8(14-2)3-4-9-7-10(12)5-6-11(9)13/h5-8,14H,3-4,13H2,1-2H3. The van der Waals surface area contributed by atoms with Crippen molar-refractivity contribution in [3.63, 3.8) is 0 Å². The number of nitrogens with one attached hydrogen (secondary N) is 1. The molecule has 0 fully saturated rings. The fourth-order valence-corrected chi connectivity index (χ4v) is 1.31. The average Bonchev–Trinajstić information content (AvgIpc) is 2.19. The van der Waals surface area contributed by atoms with Gasteiger partial charge < -0.3 is 11.1 Å². The first-order valence-electron chi connectivity index (χ1n) is 4.84. The molecule has 1 unspecified atom stereocenters. The van der Waals surface area contributed by atoms with E-state index < -0.39 is 0 Å². The Morgan fingerprint density at radius 3 is 2.86 bits per heavy atom. The highest BCUT2D eigenvalue weighted by Gasteiger charge is 2.03. The van der Waals surface area contributed by atoms with E-state index in [0.717, 1.165) is 18.4 Å². The molecule has 1 aromatic rings. The molecule has 3 N–H and O–H groups in total. The molecule has 0 radical (unpaired) electrons. The van der Waals surface area contributed by atoms with Gasteiger partial charge >= 0.3 is 0 Å². The van der Waals surface area contributed by atoms with E-state index in [-0.39, 0.29) is 5.82 Å². The second kappa shape index (κ2) is 4.96. The summed E-state index contributed by atoms with van der Waals surface area (Å²) in [6.07, 6.45) is 1.77. The van der Waals surface area contributed by atoms with Crippen molar-refractivity contribution in [2.75, 3.05) is 12.8 Å². The molecular weight excluding hydrogens is 179 g/mol. The first kappa shape index (κ1) is 11.0. The monoisotopic (exact) mass is 196 g/mol. The first-order valence-corrected chi connectivity index (χ1v) is 4.84. The molecule has 0 saturated heterocycles.